The van der Waals surface area contributed by atoms with Crippen molar-refractivity contribution in [3.8, 4) is 5.75 Å². The Kier molecular flexibility index (Phi) is 3.93. The Hall–Kier alpha value is -1.75. The van der Waals surface area contributed by atoms with E-state index in [4.69, 9.17) is 10.6 Å². The molecule has 6 nitrogen and oxygen atoms in total. The van der Waals surface area contributed by atoms with Gasteiger partial charge in [0.15, 0.2) is 0 Å². The van der Waals surface area contributed by atoms with Crippen LogP contribution in [0.5, 0.6) is 5.75 Å². The van der Waals surface area contributed by atoms with Crippen molar-refractivity contribution in [2.45, 2.75) is 12.2 Å². The summed E-state index contributed by atoms with van der Waals surface area (Å²) in [6.07, 6.45) is -2.28. The van der Waals surface area contributed by atoms with Gasteiger partial charge in [0.05, 0.1) is 12.6 Å². The summed E-state index contributed by atoms with van der Waals surface area (Å²) in [7, 11) is 0. The number of benzene rings is 1. The van der Waals surface area contributed by atoms with Gasteiger partial charge in [-0.15, -0.1) is 0 Å². The van der Waals surface area contributed by atoms with E-state index < -0.39 is 12.2 Å². The van der Waals surface area contributed by atoms with Gasteiger partial charge in [-0.25, -0.2) is 0 Å². The topological polar surface area (TPSA) is 109 Å². The Bertz CT molecular complexity index is 359. The molecule has 0 radical (unpaired) electrons. The molecular weight excluding hydrogens is 198 g/mol. The van der Waals surface area contributed by atoms with Gasteiger partial charge in [-0.3, -0.25) is 0 Å². The van der Waals surface area contributed by atoms with Crippen molar-refractivity contribution < 1.29 is 15.3 Å². The lowest BCUT2D eigenvalue weighted by Crippen LogP contribution is -2.20. The number of aliphatic hydroxyl groups excluding tert-OH is 2. The van der Waals surface area contributed by atoms with Gasteiger partial charge in [0.1, 0.15) is 11.9 Å². The van der Waals surface area contributed by atoms with E-state index in [1.165, 1.54) is 24.3 Å². The molecule has 0 aromatic heterocycles. The smallest absolute Gasteiger partial charge is 0.115 e. The van der Waals surface area contributed by atoms with Gasteiger partial charge in [-0.05, 0) is 23.2 Å². The van der Waals surface area contributed by atoms with E-state index in [2.05, 4.69) is 10.0 Å². The van der Waals surface area contributed by atoms with E-state index in [0.29, 0.717) is 5.56 Å². The fraction of sp³-hybridized carbons (Fsp3) is 0.333. The molecule has 80 valence electrons. The number of hydrogen-bond donors (Lipinski definition) is 3. The first-order chi connectivity index (χ1) is 7.15. The zero-order chi connectivity index (χ0) is 11.3. The van der Waals surface area contributed by atoms with Gasteiger partial charge in [0.2, 0.25) is 0 Å². The van der Waals surface area contributed by atoms with Crippen molar-refractivity contribution in [1.29, 1.82) is 0 Å². The van der Waals surface area contributed by atoms with Crippen LogP contribution in [0.4, 0.5) is 0 Å². The van der Waals surface area contributed by atoms with Crippen molar-refractivity contribution >= 4 is 0 Å². The lowest BCUT2D eigenvalue weighted by molar-refractivity contribution is 0.0244. The number of rotatable bonds is 4. The first-order valence-corrected chi connectivity index (χ1v) is 4.31. The highest BCUT2D eigenvalue weighted by atomic mass is 16.3. The number of azide groups is 1. The molecule has 2 atom stereocenters. The van der Waals surface area contributed by atoms with E-state index in [1.54, 1.807) is 0 Å². The Labute approximate surface area is 86.0 Å². The highest BCUT2D eigenvalue weighted by Gasteiger charge is 2.17. The van der Waals surface area contributed by atoms with Gasteiger partial charge >= 0.3 is 0 Å². The van der Waals surface area contributed by atoms with E-state index in [0.717, 1.165) is 0 Å². The van der Waals surface area contributed by atoms with E-state index in [-0.39, 0.29) is 12.3 Å². The summed E-state index contributed by atoms with van der Waals surface area (Å²) in [6.45, 7) is -0.196. The molecule has 2 unspecified atom stereocenters. The number of aromatic hydroxyl groups is 1. The molecule has 0 fully saturated rings. The minimum absolute atomic E-state index is 0.0792. The molecule has 15 heavy (non-hydrogen) atoms. The number of phenolic OH excluding ortho intramolecular Hbond substituents is 1. The molecule has 0 saturated carbocycles. The van der Waals surface area contributed by atoms with Crippen LogP contribution in [-0.4, -0.2) is 28.0 Å². The van der Waals surface area contributed by atoms with Crippen LogP contribution in [0.25, 0.3) is 10.4 Å². The minimum Gasteiger partial charge on any atom is -0.508 e. The lowest BCUT2D eigenvalue weighted by atomic mass is 10.0. The Balaban J connectivity index is 2.70. The maximum Gasteiger partial charge on any atom is 0.115 e. The normalized spacial score (nSPS) is 14.0. The molecule has 1 aromatic rings. The predicted octanol–water partition coefficient (Wildman–Crippen LogP) is 1.10. The molecule has 0 aliphatic heterocycles. The second-order valence-electron chi connectivity index (χ2n) is 3.02. The van der Waals surface area contributed by atoms with Crippen LogP contribution in [0.1, 0.15) is 11.7 Å². The highest BCUT2D eigenvalue weighted by Crippen LogP contribution is 2.19. The molecule has 6 heteroatoms. The van der Waals surface area contributed by atoms with Gasteiger partial charge in [0.25, 0.3) is 0 Å². The molecule has 1 aromatic carbocycles. The molecule has 0 amide bonds. The van der Waals surface area contributed by atoms with Crippen molar-refractivity contribution in [1.82, 2.24) is 0 Å². The predicted molar refractivity (Wildman–Crippen MR) is 53.1 cm³/mol. The molecule has 0 spiro atoms. The Morgan fingerprint density at radius 1 is 1.27 bits per heavy atom. The van der Waals surface area contributed by atoms with Crippen LogP contribution in [0.3, 0.4) is 0 Å². The monoisotopic (exact) mass is 209 g/mol. The average molecular weight is 209 g/mol. The highest BCUT2D eigenvalue weighted by molar-refractivity contribution is 5.27. The molecule has 1 rings (SSSR count). The maximum absolute atomic E-state index is 9.59. The molecule has 0 aliphatic carbocycles. The van der Waals surface area contributed by atoms with E-state index in [9.17, 15) is 10.2 Å². The fourth-order valence-electron chi connectivity index (χ4n) is 1.11. The third-order valence-corrected chi connectivity index (χ3v) is 1.93. The fourth-order valence-corrected chi connectivity index (χ4v) is 1.11. The first-order valence-electron chi connectivity index (χ1n) is 4.31. The summed E-state index contributed by atoms with van der Waals surface area (Å²) in [4.78, 5) is 2.48. The molecule has 0 bridgehead atoms. The lowest BCUT2D eigenvalue weighted by Gasteiger charge is -2.15. The summed E-state index contributed by atoms with van der Waals surface area (Å²) in [5.74, 6) is 0.0792. The standard InChI is InChI=1S/C9H11N3O3/c10-12-11-5-8(14)9(15)6-1-3-7(13)4-2-6/h1-4,8-9,13-15H,5H2. The number of nitrogens with zero attached hydrogens (tertiary/aromatic N) is 3. The average Bonchev–Trinajstić information content (AvgIpc) is 2.26. The summed E-state index contributed by atoms with van der Waals surface area (Å²) in [6, 6.07) is 5.77. The summed E-state index contributed by atoms with van der Waals surface area (Å²) >= 11 is 0. The number of hydrogen-bond acceptors (Lipinski definition) is 4. The van der Waals surface area contributed by atoms with Gasteiger partial charge in [-0.1, -0.05) is 17.2 Å². The van der Waals surface area contributed by atoms with E-state index >= 15 is 0 Å². The van der Waals surface area contributed by atoms with Crippen LogP contribution in [0, 0.1) is 0 Å². The van der Waals surface area contributed by atoms with Crippen LogP contribution < -0.4 is 0 Å². The molecule has 3 N–H and O–H groups in total. The molecular formula is C9H11N3O3. The van der Waals surface area contributed by atoms with Crippen molar-refractivity contribution in [2.24, 2.45) is 5.11 Å². The SMILES string of the molecule is [N-]=[N+]=NCC(O)C(O)c1ccc(O)cc1. The number of aliphatic hydroxyl groups is 2. The number of phenols is 1. The van der Waals surface area contributed by atoms with Crippen LogP contribution >= 0.6 is 0 Å². The van der Waals surface area contributed by atoms with E-state index in [1.807, 2.05) is 0 Å². The Morgan fingerprint density at radius 3 is 2.40 bits per heavy atom. The third kappa shape index (κ3) is 3.14. The maximum atomic E-state index is 9.59. The second kappa shape index (κ2) is 5.21. The van der Waals surface area contributed by atoms with Gasteiger partial charge < -0.3 is 15.3 Å². The quantitative estimate of drug-likeness (QED) is 0.392. The first kappa shape index (κ1) is 11.3. The largest absolute Gasteiger partial charge is 0.508 e. The minimum atomic E-state index is -1.15. The van der Waals surface area contributed by atoms with Crippen LogP contribution in [-0.2, 0) is 0 Å². The van der Waals surface area contributed by atoms with Crippen LogP contribution in [0.2, 0.25) is 0 Å². The molecule has 0 saturated heterocycles. The summed E-state index contributed by atoms with van der Waals surface area (Å²) in [5, 5.41) is 31.2. The molecule has 0 aliphatic rings. The Morgan fingerprint density at radius 2 is 1.87 bits per heavy atom. The zero-order valence-corrected chi connectivity index (χ0v) is 7.85. The van der Waals surface area contributed by atoms with Crippen molar-refractivity contribution in [3.63, 3.8) is 0 Å². The molecule has 0 heterocycles. The van der Waals surface area contributed by atoms with Crippen molar-refractivity contribution in [3.05, 3.63) is 40.3 Å². The summed E-state index contributed by atoms with van der Waals surface area (Å²) < 4.78 is 0. The van der Waals surface area contributed by atoms with Crippen LogP contribution in [0.15, 0.2) is 29.4 Å². The summed E-state index contributed by atoms with van der Waals surface area (Å²) in [5.41, 5.74) is 8.49. The van der Waals surface area contributed by atoms with Gasteiger partial charge in [-0.2, -0.15) is 0 Å². The van der Waals surface area contributed by atoms with Gasteiger partial charge in [0, 0.05) is 4.91 Å². The van der Waals surface area contributed by atoms with Crippen molar-refractivity contribution in [2.75, 3.05) is 6.54 Å². The third-order valence-electron chi connectivity index (χ3n) is 1.93. The second-order valence-corrected chi connectivity index (χ2v) is 3.02. The zero-order valence-electron chi connectivity index (χ0n) is 7.85.